The predicted molar refractivity (Wildman–Crippen MR) is 106 cm³/mol. The van der Waals surface area contributed by atoms with Gasteiger partial charge in [0.05, 0.1) is 13.1 Å². The number of carbonyl (C=O) groups excluding carboxylic acids is 3. The number of urea groups is 1. The quantitative estimate of drug-likeness (QED) is 0.684. The fraction of sp³-hybridized carbons (Fsp3) is 0.421. The van der Waals surface area contributed by atoms with Crippen molar-refractivity contribution in [2.24, 2.45) is 0 Å². The molecule has 1 fully saturated rings. The van der Waals surface area contributed by atoms with Crippen LogP contribution in [0.4, 0.5) is 4.79 Å². The third-order valence-corrected chi connectivity index (χ3v) is 6.15. The molecule has 4 amide bonds. The monoisotopic (exact) mass is 405 g/mol. The Labute approximate surface area is 166 Å². The first-order chi connectivity index (χ1) is 12.9. The molecule has 2 aromatic rings. The lowest BCUT2D eigenvalue weighted by atomic mass is 10.1. The van der Waals surface area contributed by atoms with Gasteiger partial charge in [0.1, 0.15) is 5.54 Å². The maximum atomic E-state index is 12.8. The third-order valence-electron chi connectivity index (χ3n) is 4.42. The highest BCUT2D eigenvalue weighted by Gasteiger charge is 2.43. The largest absolute Gasteiger partial charge is 0.332 e. The molecular formula is C19H23N3O3S2. The van der Waals surface area contributed by atoms with Crippen molar-refractivity contribution in [1.29, 1.82) is 0 Å². The molecule has 0 spiro atoms. The molecule has 0 saturated carbocycles. The van der Waals surface area contributed by atoms with Crippen molar-refractivity contribution in [3.8, 4) is 0 Å². The van der Waals surface area contributed by atoms with E-state index in [9.17, 15) is 14.4 Å². The van der Waals surface area contributed by atoms with Crippen LogP contribution < -0.4 is 5.32 Å². The number of imide groups is 1. The van der Waals surface area contributed by atoms with Gasteiger partial charge in [0.2, 0.25) is 5.91 Å². The Balaban J connectivity index is 1.57. The second-order valence-electron chi connectivity index (χ2n) is 7.02. The van der Waals surface area contributed by atoms with Crippen molar-refractivity contribution < 1.29 is 14.4 Å². The van der Waals surface area contributed by atoms with Crippen LogP contribution in [-0.2, 0) is 22.7 Å². The number of nitrogens with zero attached hydrogens (tertiary/aromatic N) is 2. The molecule has 0 radical (unpaired) electrons. The molecular weight excluding hydrogens is 382 g/mol. The summed E-state index contributed by atoms with van der Waals surface area (Å²) in [6, 6.07) is 7.62. The number of carbonyl (C=O) groups is 3. The topological polar surface area (TPSA) is 69.7 Å². The van der Waals surface area contributed by atoms with Crippen LogP contribution in [0.25, 0.3) is 0 Å². The predicted octanol–water partition coefficient (Wildman–Crippen LogP) is 3.45. The summed E-state index contributed by atoms with van der Waals surface area (Å²) in [5.41, 5.74) is -0.870. The lowest BCUT2D eigenvalue weighted by Gasteiger charge is -2.22. The molecule has 3 rings (SSSR count). The highest BCUT2D eigenvalue weighted by Crippen LogP contribution is 2.20. The summed E-state index contributed by atoms with van der Waals surface area (Å²) >= 11 is 3.26. The van der Waals surface area contributed by atoms with Crippen LogP contribution in [0.3, 0.4) is 0 Å². The molecule has 0 atom stereocenters. The van der Waals surface area contributed by atoms with Gasteiger partial charge in [-0.3, -0.25) is 14.5 Å². The van der Waals surface area contributed by atoms with Gasteiger partial charge in [-0.1, -0.05) is 12.1 Å². The summed E-state index contributed by atoms with van der Waals surface area (Å²) in [6.07, 6.45) is 0.758. The third kappa shape index (κ3) is 4.75. The normalized spacial score (nSPS) is 15.9. The van der Waals surface area contributed by atoms with Crippen LogP contribution in [0, 0.1) is 0 Å². The van der Waals surface area contributed by atoms with Crippen molar-refractivity contribution >= 4 is 40.5 Å². The van der Waals surface area contributed by atoms with Gasteiger partial charge < -0.3 is 10.2 Å². The van der Waals surface area contributed by atoms with E-state index in [0.717, 1.165) is 9.75 Å². The summed E-state index contributed by atoms with van der Waals surface area (Å²) < 4.78 is 0. The Bertz CT molecular complexity index is 764. The summed E-state index contributed by atoms with van der Waals surface area (Å²) in [7, 11) is 0. The van der Waals surface area contributed by atoms with Gasteiger partial charge in [-0.15, -0.1) is 22.7 Å². The fourth-order valence-corrected chi connectivity index (χ4v) is 4.42. The number of nitrogens with one attached hydrogen (secondary N) is 1. The van der Waals surface area contributed by atoms with Gasteiger partial charge in [0, 0.05) is 22.7 Å². The zero-order chi connectivity index (χ0) is 19.4. The molecule has 1 aliphatic heterocycles. The van der Waals surface area contributed by atoms with E-state index in [1.54, 1.807) is 36.5 Å². The average molecular weight is 406 g/mol. The number of hydrogen-bond donors (Lipinski definition) is 1. The van der Waals surface area contributed by atoms with Gasteiger partial charge in [-0.05, 0) is 43.2 Å². The minimum atomic E-state index is -0.870. The molecule has 6 nitrogen and oxygen atoms in total. The first kappa shape index (κ1) is 19.6. The second-order valence-corrected chi connectivity index (χ2v) is 9.09. The Morgan fingerprint density at radius 2 is 1.70 bits per heavy atom. The van der Waals surface area contributed by atoms with Crippen LogP contribution in [0.5, 0.6) is 0 Å². The SMILES string of the molecule is CC1(C)NC(=O)N(CCCC(=O)N(Cc2cccs2)Cc2cccs2)C1=O. The average Bonchev–Trinajstić information content (AvgIpc) is 3.33. The Hall–Kier alpha value is -2.19. The number of thiophene rings is 2. The summed E-state index contributed by atoms with van der Waals surface area (Å²) in [5, 5.41) is 6.66. The van der Waals surface area contributed by atoms with E-state index in [2.05, 4.69) is 5.32 Å². The minimum absolute atomic E-state index is 0.0307. The molecule has 1 N–H and O–H groups in total. The van der Waals surface area contributed by atoms with Gasteiger partial charge in [0.15, 0.2) is 0 Å². The highest BCUT2D eigenvalue weighted by molar-refractivity contribution is 7.10. The number of amides is 4. The van der Waals surface area contributed by atoms with E-state index < -0.39 is 5.54 Å². The van der Waals surface area contributed by atoms with Crippen molar-refractivity contribution in [2.45, 2.75) is 45.3 Å². The lowest BCUT2D eigenvalue weighted by Crippen LogP contribution is -2.40. The highest BCUT2D eigenvalue weighted by atomic mass is 32.1. The van der Waals surface area contributed by atoms with Gasteiger partial charge in [-0.2, -0.15) is 0 Å². The van der Waals surface area contributed by atoms with Crippen LogP contribution in [0.2, 0.25) is 0 Å². The van der Waals surface area contributed by atoms with Gasteiger partial charge in [0.25, 0.3) is 5.91 Å². The molecule has 1 saturated heterocycles. The van der Waals surface area contributed by atoms with Crippen LogP contribution >= 0.6 is 22.7 Å². The zero-order valence-corrected chi connectivity index (χ0v) is 17.1. The van der Waals surface area contributed by atoms with Gasteiger partial charge >= 0.3 is 6.03 Å². The second kappa shape index (κ2) is 8.22. The smallest absolute Gasteiger partial charge is 0.325 e. The van der Waals surface area contributed by atoms with Crippen molar-refractivity contribution in [3.05, 3.63) is 44.8 Å². The fourth-order valence-electron chi connectivity index (χ4n) is 2.98. The van der Waals surface area contributed by atoms with E-state index in [1.807, 2.05) is 39.9 Å². The molecule has 8 heteroatoms. The maximum absolute atomic E-state index is 12.8. The maximum Gasteiger partial charge on any atom is 0.325 e. The molecule has 3 heterocycles. The van der Waals surface area contributed by atoms with Crippen molar-refractivity contribution in [2.75, 3.05) is 6.54 Å². The Morgan fingerprint density at radius 1 is 1.11 bits per heavy atom. The van der Waals surface area contributed by atoms with Crippen molar-refractivity contribution in [1.82, 2.24) is 15.1 Å². The zero-order valence-electron chi connectivity index (χ0n) is 15.4. The van der Waals surface area contributed by atoms with Crippen LogP contribution in [0.15, 0.2) is 35.0 Å². The van der Waals surface area contributed by atoms with E-state index in [-0.39, 0.29) is 24.4 Å². The standard InChI is InChI=1S/C19H23N3O3S2/c1-19(2)17(24)22(18(25)20-19)9-3-8-16(23)21(12-14-6-4-10-26-14)13-15-7-5-11-27-15/h4-7,10-11H,3,8-9,12-13H2,1-2H3,(H,20,25). The minimum Gasteiger partial charge on any atom is -0.332 e. The van der Waals surface area contributed by atoms with E-state index >= 15 is 0 Å². The van der Waals surface area contributed by atoms with E-state index in [1.165, 1.54) is 4.90 Å². The molecule has 1 aliphatic rings. The molecule has 0 aliphatic carbocycles. The van der Waals surface area contributed by atoms with Crippen molar-refractivity contribution in [3.63, 3.8) is 0 Å². The molecule has 0 aromatic carbocycles. The van der Waals surface area contributed by atoms with Gasteiger partial charge in [-0.25, -0.2) is 4.79 Å². The number of rotatable bonds is 8. The molecule has 0 bridgehead atoms. The molecule has 27 heavy (non-hydrogen) atoms. The lowest BCUT2D eigenvalue weighted by molar-refractivity contribution is -0.134. The first-order valence-corrected chi connectivity index (χ1v) is 10.6. The Kier molecular flexibility index (Phi) is 5.96. The first-order valence-electron chi connectivity index (χ1n) is 8.83. The summed E-state index contributed by atoms with van der Waals surface area (Å²) in [6.45, 7) is 4.77. The number of hydrogen-bond acceptors (Lipinski definition) is 5. The summed E-state index contributed by atoms with van der Waals surface area (Å²) in [4.78, 5) is 42.3. The van der Waals surface area contributed by atoms with E-state index in [4.69, 9.17) is 0 Å². The van der Waals surface area contributed by atoms with Crippen LogP contribution in [0.1, 0.15) is 36.4 Å². The summed E-state index contributed by atoms with van der Waals surface area (Å²) in [5.74, 6) is -0.211. The van der Waals surface area contributed by atoms with E-state index in [0.29, 0.717) is 25.9 Å². The molecule has 2 aromatic heterocycles. The Morgan fingerprint density at radius 3 is 2.15 bits per heavy atom. The molecule has 144 valence electrons. The van der Waals surface area contributed by atoms with Crippen LogP contribution in [-0.4, -0.2) is 39.7 Å². The molecule has 0 unspecified atom stereocenters.